The molecule has 0 aromatic heterocycles. The van der Waals surface area contributed by atoms with E-state index in [1.165, 1.54) is 18.5 Å². The van der Waals surface area contributed by atoms with Gasteiger partial charge >= 0.3 is 5.97 Å². The molecule has 4 heteroatoms. The lowest BCUT2D eigenvalue weighted by Gasteiger charge is -2.24. The van der Waals surface area contributed by atoms with Crippen LogP contribution in [-0.4, -0.2) is 37.4 Å². The number of methoxy groups -OCH3 is 1. The van der Waals surface area contributed by atoms with Crippen molar-refractivity contribution in [2.45, 2.75) is 18.9 Å². The van der Waals surface area contributed by atoms with Gasteiger partial charge in [0.15, 0.2) is 0 Å². The molecule has 19 heavy (non-hydrogen) atoms. The molecular formula is C15H19NO3. The minimum Gasteiger partial charge on any atom is -0.478 e. The van der Waals surface area contributed by atoms with Gasteiger partial charge in [-0.25, -0.2) is 4.79 Å². The molecule has 0 bridgehead atoms. The zero-order valence-electron chi connectivity index (χ0n) is 11.1. The molecule has 1 saturated carbocycles. The SMILES string of the molecule is COCCN(c1ccc(C=CC(=O)O)cc1)C1CC1. The van der Waals surface area contributed by atoms with Gasteiger partial charge in [-0.05, 0) is 36.6 Å². The predicted octanol–water partition coefficient (Wildman–Crippen LogP) is 2.40. The molecule has 0 unspecified atom stereocenters. The molecule has 2 rings (SSSR count). The molecule has 102 valence electrons. The number of carboxylic acid groups (broad SMARTS) is 1. The topological polar surface area (TPSA) is 49.8 Å². The molecule has 1 N–H and O–H groups in total. The average Bonchev–Trinajstić information content (AvgIpc) is 3.23. The number of ether oxygens (including phenoxy) is 1. The van der Waals surface area contributed by atoms with Gasteiger partial charge < -0.3 is 14.7 Å². The number of anilines is 1. The molecule has 0 atom stereocenters. The monoisotopic (exact) mass is 261 g/mol. The van der Waals surface area contributed by atoms with Gasteiger partial charge in [-0.15, -0.1) is 0 Å². The van der Waals surface area contributed by atoms with Gasteiger partial charge in [-0.2, -0.15) is 0 Å². The summed E-state index contributed by atoms with van der Waals surface area (Å²) in [5.41, 5.74) is 2.07. The van der Waals surface area contributed by atoms with Crippen LogP contribution in [0.3, 0.4) is 0 Å². The largest absolute Gasteiger partial charge is 0.478 e. The highest BCUT2D eigenvalue weighted by atomic mass is 16.5. The Bertz CT molecular complexity index is 449. The van der Waals surface area contributed by atoms with E-state index in [0.717, 1.165) is 24.8 Å². The zero-order valence-corrected chi connectivity index (χ0v) is 11.1. The van der Waals surface area contributed by atoms with Gasteiger partial charge in [0, 0.05) is 31.5 Å². The van der Waals surface area contributed by atoms with Crippen LogP contribution in [0.1, 0.15) is 18.4 Å². The Labute approximate surface area is 113 Å². The van der Waals surface area contributed by atoms with Crippen LogP contribution in [-0.2, 0) is 9.53 Å². The van der Waals surface area contributed by atoms with Crippen LogP contribution < -0.4 is 4.90 Å². The summed E-state index contributed by atoms with van der Waals surface area (Å²) >= 11 is 0. The van der Waals surface area contributed by atoms with E-state index < -0.39 is 5.97 Å². The summed E-state index contributed by atoms with van der Waals surface area (Å²) in [5, 5.41) is 8.59. The lowest BCUT2D eigenvalue weighted by atomic mass is 10.2. The van der Waals surface area contributed by atoms with Gasteiger partial charge in [-0.3, -0.25) is 0 Å². The van der Waals surface area contributed by atoms with Crippen molar-refractivity contribution in [2.75, 3.05) is 25.2 Å². The number of rotatable bonds is 7. The first-order valence-corrected chi connectivity index (χ1v) is 6.47. The second-order valence-electron chi connectivity index (χ2n) is 4.68. The van der Waals surface area contributed by atoms with Gasteiger partial charge in [0.1, 0.15) is 0 Å². The van der Waals surface area contributed by atoms with Crippen LogP contribution in [0.25, 0.3) is 6.08 Å². The van der Waals surface area contributed by atoms with Crippen LogP contribution in [0.2, 0.25) is 0 Å². The van der Waals surface area contributed by atoms with E-state index in [0.29, 0.717) is 6.04 Å². The summed E-state index contributed by atoms with van der Waals surface area (Å²) in [6, 6.07) is 8.59. The fraction of sp³-hybridized carbons (Fsp3) is 0.400. The lowest BCUT2D eigenvalue weighted by molar-refractivity contribution is -0.131. The summed E-state index contributed by atoms with van der Waals surface area (Å²) in [6.07, 6.45) is 5.23. The first kappa shape index (κ1) is 13.6. The molecular weight excluding hydrogens is 242 g/mol. The van der Waals surface area contributed by atoms with Gasteiger partial charge in [0.2, 0.25) is 0 Å². The molecule has 1 aliphatic rings. The molecule has 1 aromatic rings. The van der Waals surface area contributed by atoms with Crippen LogP contribution in [0, 0.1) is 0 Å². The number of nitrogens with zero attached hydrogens (tertiary/aromatic N) is 1. The number of aliphatic carboxylic acids is 1. The molecule has 1 fully saturated rings. The Morgan fingerprint density at radius 2 is 2.11 bits per heavy atom. The Balaban J connectivity index is 2.04. The molecule has 0 spiro atoms. The Kier molecular flexibility index (Phi) is 4.58. The number of benzene rings is 1. The first-order chi connectivity index (χ1) is 9.20. The minimum absolute atomic E-state index is 0.635. The van der Waals surface area contributed by atoms with Crippen molar-refractivity contribution in [3.05, 3.63) is 35.9 Å². The van der Waals surface area contributed by atoms with Crippen molar-refractivity contribution in [2.24, 2.45) is 0 Å². The van der Waals surface area contributed by atoms with E-state index >= 15 is 0 Å². The van der Waals surface area contributed by atoms with Crippen molar-refractivity contribution in [1.29, 1.82) is 0 Å². The van der Waals surface area contributed by atoms with E-state index in [4.69, 9.17) is 9.84 Å². The number of carboxylic acids is 1. The van der Waals surface area contributed by atoms with Gasteiger partial charge in [0.05, 0.1) is 6.61 Å². The Morgan fingerprint density at radius 1 is 1.42 bits per heavy atom. The van der Waals surface area contributed by atoms with Crippen molar-refractivity contribution in [3.8, 4) is 0 Å². The van der Waals surface area contributed by atoms with Crippen LogP contribution >= 0.6 is 0 Å². The van der Waals surface area contributed by atoms with Crippen LogP contribution in [0.4, 0.5) is 5.69 Å². The average molecular weight is 261 g/mol. The normalized spacial score (nSPS) is 14.8. The second kappa shape index (κ2) is 6.38. The fourth-order valence-corrected chi connectivity index (χ4v) is 2.04. The molecule has 4 nitrogen and oxygen atoms in total. The maximum Gasteiger partial charge on any atom is 0.328 e. The molecule has 0 aliphatic heterocycles. The van der Waals surface area contributed by atoms with Crippen LogP contribution in [0.5, 0.6) is 0 Å². The Morgan fingerprint density at radius 3 is 2.63 bits per heavy atom. The molecule has 0 heterocycles. The third-order valence-electron chi connectivity index (χ3n) is 3.17. The number of hydrogen-bond acceptors (Lipinski definition) is 3. The second-order valence-corrected chi connectivity index (χ2v) is 4.68. The van der Waals surface area contributed by atoms with E-state index in [2.05, 4.69) is 4.90 Å². The Hall–Kier alpha value is -1.81. The molecule has 1 aliphatic carbocycles. The minimum atomic E-state index is -0.927. The maximum atomic E-state index is 10.5. The fourth-order valence-electron chi connectivity index (χ4n) is 2.04. The van der Waals surface area contributed by atoms with Crippen molar-refractivity contribution >= 4 is 17.7 Å². The van der Waals surface area contributed by atoms with Gasteiger partial charge in [0.25, 0.3) is 0 Å². The summed E-state index contributed by atoms with van der Waals surface area (Å²) in [7, 11) is 1.71. The maximum absolute atomic E-state index is 10.5. The first-order valence-electron chi connectivity index (χ1n) is 6.47. The zero-order chi connectivity index (χ0) is 13.7. The lowest BCUT2D eigenvalue weighted by Crippen LogP contribution is -2.29. The van der Waals surface area contributed by atoms with E-state index in [9.17, 15) is 4.79 Å². The highest BCUT2D eigenvalue weighted by Crippen LogP contribution is 2.31. The molecule has 1 aromatic carbocycles. The third-order valence-corrected chi connectivity index (χ3v) is 3.17. The smallest absolute Gasteiger partial charge is 0.328 e. The quantitative estimate of drug-likeness (QED) is 0.766. The summed E-state index contributed by atoms with van der Waals surface area (Å²) < 4.78 is 5.14. The summed E-state index contributed by atoms with van der Waals surface area (Å²) in [5.74, 6) is -0.927. The van der Waals surface area contributed by atoms with E-state index in [1.807, 2.05) is 24.3 Å². The van der Waals surface area contributed by atoms with Crippen molar-refractivity contribution < 1.29 is 14.6 Å². The molecule has 0 amide bonds. The number of carbonyl (C=O) groups is 1. The summed E-state index contributed by atoms with van der Waals surface area (Å²) in [6.45, 7) is 1.61. The molecule has 0 radical (unpaired) electrons. The number of hydrogen-bond donors (Lipinski definition) is 1. The highest BCUT2D eigenvalue weighted by Gasteiger charge is 2.28. The van der Waals surface area contributed by atoms with E-state index in [-0.39, 0.29) is 0 Å². The predicted molar refractivity (Wildman–Crippen MR) is 75.4 cm³/mol. The summed E-state index contributed by atoms with van der Waals surface area (Å²) in [4.78, 5) is 12.8. The van der Waals surface area contributed by atoms with Gasteiger partial charge in [-0.1, -0.05) is 12.1 Å². The van der Waals surface area contributed by atoms with Crippen molar-refractivity contribution in [1.82, 2.24) is 0 Å². The highest BCUT2D eigenvalue weighted by molar-refractivity contribution is 5.85. The van der Waals surface area contributed by atoms with Crippen LogP contribution in [0.15, 0.2) is 30.3 Å². The van der Waals surface area contributed by atoms with E-state index in [1.54, 1.807) is 13.2 Å². The third kappa shape index (κ3) is 4.10. The standard InChI is InChI=1S/C15H19NO3/c1-19-11-10-16(14-7-8-14)13-5-2-12(3-6-13)4-9-15(17)18/h2-6,9,14H,7-8,10-11H2,1H3,(H,17,18). The molecule has 0 saturated heterocycles. The van der Waals surface area contributed by atoms with Crippen molar-refractivity contribution in [3.63, 3.8) is 0 Å².